The fraction of sp³-hybridized carbons (Fsp3) is 0.111. The summed E-state index contributed by atoms with van der Waals surface area (Å²) < 4.78 is 10.2. The number of rotatable bonds is 2. The molecule has 5 nitrogen and oxygen atoms in total. The Hall–Kier alpha value is -1.75. The van der Waals surface area contributed by atoms with E-state index in [0.717, 1.165) is 6.20 Å². The van der Waals surface area contributed by atoms with Crippen molar-refractivity contribution >= 4 is 17.7 Å². The maximum Gasteiger partial charge on any atom is 0.235 e. The van der Waals surface area contributed by atoms with E-state index in [4.69, 9.17) is 21.1 Å². The average molecular weight is 228 g/mol. The molecule has 0 bridgehead atoms. The first kappa shape index (κ1) is 9.79. The molecule has 0 unspecified atom stereocenters. The molecule has 15 heavy (non-hydrogen) atoms. The van der Waals surface area contributed by atoms with Crippen LogP contribution in [0.25, 0.3) is 6.08 Å². The summed E-state index contributed by atoms with van der Waals surface area (Å²) in [5.41, 5.74) is 0.526. The zero-order valence-electron chi connectivity index (χ0n) is 7.47. The molecule has 6 heteroatoms. The zero-order valence-corrected chi connectivity index (χ0v) is 8.23. The van der Waals surface area contributed by atoms with Crippen LogP contribution in [0, 0.1) is 10.1 Å². The highest BCUT2D eigenvalue weighted by Gasteiger charge is 2.15. The van der Waals surface area contributed by atoms with E-state index in [1.165, 1.54) is 6.08 Å². The molecule has 0 spiro atoms. The number of hydrogen-bond acceptors (Lipinski definition) is 4. The van der Waals surface area contributed by atoms with Crippen molar-refractivity contribution in [1.82, 2.24) is 0 Å². The first-order valence-electron chi connectivity index (χ1n) is 4.07. The number of fused-ring (bicyclic) bond motifs is 1. The van der Waals surface area contributed by atoms with E-state index in [0.29, 0.717) is 22.1 Å². The second-order valence-corrected chi connectivity index (χ2v) is 3.24. The second-order valence-electron chi connectivity index (χ2n) is 2.83. The molecule has 0 saturated carbocycles. The number of hydrogen-bond donors (Lipinski definition) is 0. The van der Waals surface area contributed by atoms with Crippen molar-refractivity contribution < 1.29 is 14.4 Å². The third kappa shape index (κ3) is 2.02. The van der Waals surface area contributed by atoms with Crippen molar-refractivity contribution in [2.75, 3.05) is 6.79 Å². The first-order valence-corrected chi connectivity index (χ1v) is 4.45. The lowest BCUT2D eigenvalue weighted by molar-refractivity contribution is -0.400. The molecule has 1 aliphatic heterocycles. The Bertz CT molecular complexity index is 444. The van der Waals surface area contributed by atoms with Crippen LogP contribution < -0.4 is 9.47 Å². The van der Waals surface area contributed by atoms with Crippen molar-refractivity contribution in [2.45, 2.75) is 0 Å². The number of nitro groups is 1. The largest absolute Gasteiger partial charge is 0.454 e. The summed E-state index contributed by atoms with van der Waals surface area (Å²) in [4.78, 5) is 9.58. The van der Waals surface area contributed by atoms with E-state index in [1.807, 2.05) is 0 Å². The Morgan fingerprint density at radius 1 is 1.40 bits per heavy atom. The summed E-state index contributed by atoms with van der Waals surface area (Å²) in [5.74, 6) is 1.10. The van der Waals surface area contributed by atoms with Crippen molar-refractivity contribution in [3.05, 3.63) is 39.0 Å². The SMILES string of the molecule is O=[N+]([O-])/C=C/c1cc2c(cc1Cl)OCO2. The summed E-state index contributed by atoms with van der Waals surface area (Å²) in [6, 6.07) is 3.17. The van der Waals surface area contributed by atoms with Gasteiger partial charge in [-0.15, -0.1) is 0 Å². The van der Waals surface area contributed by atoms with E-state index in [2.05, 4.69) is 0 Å². The maximum absolute atomic E-state index is 10.1. The lowest BCUT2D eigenvalue weighted by Gasteiger charge is -2.00. The summed E-state index contributed by atoms with van der Waals surface area (Å²) in [5, 5.41) is 10.5. The molecule has 78 valence electrons. The molecule has 0 amide bonds. The normalized spacial score (nSPS) is 13.4. The highest BCUT2D eigenvalue weighted by atomic mass is 35.5. The molecule has 0 N–H and O–H groups in total. The average Bonchev–Trinajstić information content (AvgIpc) is 2.60. The minimum Gasteiger partial charge on any atom is -0.454 e. The summed E-state index contributed by atoms with van der Waals surface area (Å²) in [7, 11) is 0. The van der Waals surface area contributed by atoms with Crippen molar-refractivity contribution in [3.63, 3.8) is 0 Å². The Morgan fingerprint density at radius 3 is 2.73 bits per heavy atom. The van der Waals surface area contributed by atoms with Crippen molar-refractivity contribution in [1.29, 1.82) is 0 Å². The Labute approximate surface area is 90.0 Å². The van der Waals surface area contributed by atoms with Gasteiger partial charge in [-0.3, -0.25) is 10.1 Å². The van der Waals surface area contributed by atoms with Crippen molar-refractivity contribution in [2.24, 2.45) is 0 Å². The van der Waals surface area contributed by atoms with Gasteiger partial charge in [0.25, 0.3) is 0 Å². The van der Waals surface area contributed by atoms with Gasteiger partial charge in [-0.2, -0.15) is 0 Å². The molecule has 1 aromatic rings. The lowest BCUT2D eigenvalue weighted by atomic mass is 10.2. The summed E-state index contributed by atoms with van der Waals surface area (Å²) in [6.45, 7) is 0.147. The Morgan fingerprint density at radius 2 is 2.07 bits per heavy atom. The molecule has 0 radical (unpaired) electrons. The van der Waals surface area contributed by atoms with Crippen LogP contribution in [0.4, 0.5) is 0 Å². The van der Waals surface area contributed by atoms with Gasteiger partial charge in [-0.25, -0.2) is 0 Å². The standard InChI is InChI=1S/C9H6ClNO4/c10-7-4-9-8(14-5-15-9)3-6(7)1-2-11(12)13/h1-4H,5H2/b2-1+. The van der Waals surface area contributed by atoms with Crippen LogP contribution in [0.5, 0.6) is 11.5 Å². The van der Waals surface area contributed by atoms with Gasteiger partial charge in [0.2, 0.25) is 13.0 Å². The third-order valence-corrected chi connectivity index (χ3v) is 2.20. The molecule has 0 atom stereocenters. The highest BCUT2D eigenvalue weighted by molar-refractivity contribution is 6.32. The van der Waals surface area contributed by atoms with E-state index in [-0.39, 0.29) is 6.79 Å². The minimum atomic E-state index is -0.555. The first-order chi connectivity index (χ1) is 7.16. The van der Waals surface area contributed by atoms with E-state index >= 15 is 0 Å². The smallest absolute Gasteiger partial charge is 0.235 e. The highest BCUT2D eigenvalue weighted by Crippen LogP contribution is 2.37. The van der Waals surface area contributed by atoms with E-state index in [1.54, 1.807) is 12.1 Å². The second kappa shape index (κ2) is 3.78. The lowest BCUT2D eigenvalue weighted by Crippen LogP contribution is -1.92. The number of halogens is 1. The molecule has 0 fully saturated rings. The van der Waals surface area contributed by atoms with Gasteiger partial charge in [0.05, 0.1) is 9.95 Å². The Balaban J connectivity index is 2.36. The van der Waals surface area contributed by atoms with Crippen LogP contribution in [0.2, 0.25) is 5.02 Å². The predicted molar refractivity (Wildman–Crippen MR) is 53.6 cm³/mol. The van der Waals surface area contributed by atoms with Gasteiger partial charge in [-0.05, 0) is 6.07 Å². The van der Waals surface area contributed by atoms with Gasteiger partial charge in [0.15, 0.2) is 11.5 Å². The molecule has 2 rings (SSSR count). The number of nitrogens with zero attached hydrogens (tertiary/aromatic N) is 1. The fourth-order valence-electron chi connectivity index (χ4n) is 1.20. The maximum atomic E-state index is 10.1. The van der Waals surface area contributed by atoms with Crippen LogP contribution >= 0.6 is 11.6 Å². The summed E-state index contributed by atoms with van der Waals surface area (Å²) in [6.07, 6.45) is 2.13. The van der Waals surface area contributed by atoms with Gasteiger partial charge < -0.3 is 9.47 Å². The number of benzene rings is 1. The molecular formula is C9H6ClNO4. The van der Waals surface area contributed by atoms with E-state index in [9.17, 15) is 10.1 Å². The molecule has 1 aromatic carbocycles. The van der Waals surface area contributed by atoms with Crippen molar-refractivity contribution in [3.8, 4) is 11.5 Å². The van der Waals surface area contributed by atoms with Crippen LogP contribution in [-0.2, 0) is 0 Å². The zero-order chi connectivity index (χ0) is 10.8. The molecular weight excluding hydrogens is 222 g/mol. The molecule has 0 aliphatic carbocycles. The fourth-order valence-corrected chi connectivity index (χ4v) is 1.42. The van der Waals surface area contributed by atoms with Gasteiger partial charge in [0.1, 0.15) is 0 Å². The monoisotopic (exact) mass is 227 g/mol. The third-order valence-electron chi connectivity index (χ3n) is 1.87. The summed E-state index contributed by atoms with van der Waals surface area (Å²) >= 11 is 5.88. The van der Waals surface area contributed by atoms with Crippen LogP contribution in [-0.4, -0.2) is 11.7 Å². The Kier molecular flexibility index (Phi) is 2.47. The topological polar surface area (TPSA) is 61.6 Å². The molecule has 0 aromatic heterocycles. The van der Waals surface area contributed by atoms with E-state index < -0.39 is 4.92 Å². The molecule has 1 aliphatic rings. The molecule has 1 heterocycles. The van der Waals surface area contributed by atoms with Gasteiger partial charge in [0, 0.05) is 17.7 Å². The number of ether oxygens (including phenoxy) is 2. The van der Waals surface area contributed by atoms with Crippen LogP contribution in [0.15, 0.2) is 18.3 Å². The van der Waals surface area contributed by atoms with Crippen LogP contribution in [0.1, 0.15) is 5.56 Å². The van der Waals surface area contributed by atoms with Crippen LogP contribution in [0.3, 0.4) is 0 Å². The predicted octanol–water partition coefficient (Wildman–Crippen LogP) is 2.32. The quantitative estimate of drug-likeness (QED) is 0.575. The minimum absolute atomic E-state index is 0.147. The van der Waals surface area contributed by atoms with Gasteiger partial charge >= 0.3 is 0 Å². The molecule has 0 saturated heterocycles. The van der Waals surface area contributed by atoms with Gasteiger partial charge in [-0.1, -0.05) is 11.6 Å².